The Hall–Kier alpha value is -3.89. The Bertz CT molecular complexity index is 1220. The van der Waals surface area contributed by atoms with Gasteiger partial charge in [-0.1, -0.05) is 11.6 Å². The number of carbonyl (C=O) groups excluding carboxylic acids is 3. The second-order valence-corrected chi connectivity index (χ2v) is 8.88. The van der Waals surface area contributed by atoms with E-state index < -0.39 is 51.1 Å². The van der Waals surface area contributed by atoms with Gasteiger partial charge in [0.2, 0.25) is 10.0 Å². The first kappa shape index (κ1) is 29.3. The van der Waals surface area contributed by atoms with Crippen LogP contribution in [0.5, 0.6) is 0 Å². The Morgan fingerprint density at radius 1 is 1.05 bits per heavy atom. The summed E-state index contributed by atoms with van der Waals surface area (Å²) in [5.74, 6) is -2.02. The maximum Gasteiger partial charge on any atom is 0.340 e. The van der Waals surface area contributed by atoms with Crippen molar-refractivity contribution in [2.24, 2.45) is 5.14 Å². The second-order valence-electron chi connectivity index (χ2n) is 6.94. The van der Waals surface area contributed by atoms with Crippen LogP contribution in [0, 0.1) is 10.1 Å². The summed E-state index contributed by atoms with van der Waals surface area (Å²) in [5.41, 5.74) is -0.0620. The average molecular weight is 564 g/mol. The molecule has 1 heterocycles. The fourth-order valence-corrected chi connectivity index (χ4v) is 3.76. The monoisotopic (exact) mass is 563 g/mol. The molecule has 1 aromatic carbocycles. The minimum atomic E-state index is -4.26. The van der Waals surface area contributed by atoms with E-state index in [-0.39, 0.29) is 48.9 Å². The van der Waals surface area contributed by atoms with Crippen molar-refractivity contribution in [3.05, 3.63) is 57.0 Å². The van der Waals surface area contributed by atoms with Crippen LogP contribution >= 0.6 is 11.6 Å². The van der Waals surface area contributed by atoms with Gasteiger partial charge in [-0.3, -0.25) is 9.59 Å². The first-order chi connectivity index (χ1) is 17.5. The van der Waals surface area contributed by atoms with Crippen LogP contribution in [-0.2, 0) is 45.2 Å². The zero-order valence-electron chi connectivity index (χ0n) is 19.0. The molecular weight excluding hydrogens is 542 g/mol. The molecule has 0 spiro atoms. The molecule has 0 aliphatic carbocycles. The first-order valence-electron chi connectivity index (χ1n) is 10.4. The van der Waals surface area contributed by atoms with Crippen molar-refractivity contribution in [3.63, 3.8) is 0 Å². The lowest BCUT2D eigenvalue weighted by molar-refractivity contribution is -0.757. The molecule has 1 aromatic heterocycles. The summed E-state index contributed by atoms with van der Waals surface area (Å²) in [7, 11) is -4.26. The van der Waals surface area contributed by atoms with Crippen LogP contribution in [0.1, 0.15) is 29.0 Å². The Kier molecular flexibility index (Phi) is 11.1. The lowest BCUT2D eigenvalue weighted by Gasteiger charge is -2.14. The number of nitrogens with two attached hydrogens (primary N) is 1. The maximum absolute atomic E-state index is 12.6. The zero-order valence-corrected chi connectivity index (χ0v) is 20.6. The minimum Gasteiger partial charge on any atom is -0.467 e. The Balaban J connectivity index is 1.87. The molecule has 0 radical (unpaired) electrons. The molecule has 0 saturated carbocycles. The normalized spacial score (nSPS) is 10.9. The number of nitrogens with zero attached hydrogens (tertiary/aromatic N) is 1. The molecular formula is C20H22ClN3O12S. The lowest BCUT2D eigenvalue weighted by Crippen LogP contribution is -2.18. The summed E-state index contributed by atoms with van der Waals surface area (Å²) in [6.07, 6.45) is 0.754. The van der Waals surface area contributed by atoms with Gasteiger partial charge in [0.15, 0.2) is 0 Å². The van der Waals surface area contributed by atoms with Gasteiger partial charge in [-0.15, -0.1) is 10.1 Å². The molecule has 0 fully saturated rings. The number of ether oxygens (including phenoxy) is 3. The van der Waals surface area contributed by atoms with Gasteiger partial charge >= 0.3 is 17.9 Å². The van der Waals surface area contributed by atoms with Crippen molar-refractivity contribution in [1.82, 2.24) is 0 Å². The smallest absolute Gasteiger partial charge is 0.340 e. The van der Waals surface area contributed by atoms with E-state index in [0.29, 0.717) is 5.76 Å². The Morgan fingerprint density at radius 3 is 2.24 bits per heavy atom. The van der Waals surface area contributed by atoms with Crippen molar-refractivity contribution < 1.29 is 51.4 Å². The molecule has 0 saturated heterocycles. The van der Waals surface area contributed by atoms with Crippen molar-refractivity contribution in [3.8, 4) is 0 Å². The van der Waals surface area contributed by atoms with Gasteiger partial charge < -0.3 is 28.8 Å². The first-order valence-corrected chi connectivity index (χ1v) is 12.3. The number of hydrogen-bond acceptors (Lipinski definition) is 13. The van der Waals surface area contributed by atoms with Crippen molar-refractivity contribution in [1.29, 1.82) is 0 Å². The summed E-state index contributed by atoms with van der Waals surface area (Å²) in [5, 5.41) is 16.8. The standard InChI is InChI=1S/C20H22ClN3O12S/c21-15-11-16(23-12-13-2-1-5-32-13)14(10-17(15)37(22,30)31)20(27)35-7-6-33-18(25)3-4-19(26)34-8-9-36-24(28)29/h1-2,5,10-11,23H,3-4,6-9,12H2,(H2,22,30,31). The largest absolute Gasteiger partial charge is 0.467 e. The molecule has 17 heteroatoms. The highest BCUT2D eigenvalue weighted by molar-refractivity contribution is 7.89. The maximum atomic E-state index is 12.6. The molecule has 0 aliphatic heterocycles. The number of sulfonamides is 1. The van der Waals surface area contributed by atoms with Gasteiger partial charge in [-0.2, -0.15) is 0 Å². The molecule has 2 rings (SSSR count). The summed E-state index contributed by atoms with van der Waals surface area (Å²) in [4.78, 5) is 49.3. The molecule has 2 aromatic rings. The third-order valence-electron chi connectivity index (χ3n) is 4.29. The van der Waals surface area contributed by atoms with E-state index in [1.165, 1.54) is 12.3 Å². The van der Waals surface area contributed by atoms with E-state index >= 15 is 0 Å². The fourth-order valence-electron chi connectivity index (χ4n) is 2.67. The van der Waals surface area contributed by atoms with Crippen LogP contribution in [0.2, 0.25) is 5.02 Å². The van der Waals surface area contributed by atoms with Gasteiger partial charge in [0.1, 0.15) is 37.1 Å². The van der Waals surface area contributed by atoms with Gasteiger partial charge in [0.25, 0.3) is 5.09 Å². The number of carbonyl (C=O) groups is 3. The SMILES string of the molecule is NS(=O)(=O)c1cc(C(=O)OCCOC(=O)CCC(=O)OCCO[N+](=O)[O-])c(NCc2ccco2)cc1Cl. The van der Waals surface area contributed by atoms with Crippen molar-refractivity contribution >= 4 is 45.2 Å². The number of hydrogen-bond donors (Lipinski definition) is 2. The van der Waals surface area contributed by atoms with Gasteiger partial charge in [0, 0.05) is 0 Å². The Labute approximate surface area is 214 Å². The van der Waals surface area contributed by atoms with E-state index in [9.17, 15) is 32.9 Å². The van der Waals surface area contributed by atoms with Crippen LogP contribution in [0.15, 0.2) is 39.8 Å². The molecule has 0 atom stereocenters. The van der Waals surface area contributed by atoms with E-state index in [2.05, 4.69) is 14.9 Å². The molecule has 0 amide bonds. The highest BCUT2D eigenvalue weighted by Gasteiger charge is 2.22. The number of rotatable bonds is 15. The molecule has 0 unspecified atom stereocenters. The summed E-state index contributed by atoms with van der Waals surface area (Å²) < 4.78 is 43.4. The van der Waals surface area contributed by atoms with Gasteiger partial charge in [-0.05, 0) is 24.3 Å². The average Bonchev–Trinajstić information content (AvgIpc) is 3.34. The van der Waals surface area contributed by atoms with E-state index in [0.717, 1.165) is 6.07 Å². The second kappa shape index (κ2) is 14.0. The van der Waals surface area contributed by atoms with Crippen LogP contribution in [0.4, 0.5) is 5.69 Å². The highest BCUT2D eigenvalue weighted by Crippen LogP contribution is 2.29. The van der Waals surface area contributed by atoms with Gasteiger partial charge in [0.05, 0.1) is 41.9 Å². The zero-order chi connectivity index (χ0) is 27.4. The number of benzene rings is 1. The van der Waals surface area contributed by atoms with Gasteiger partial charge in [-0.25, -0.2) is 18.4 Å². The molecule has 3 N–H and O–H groups in total. The quantitative estimate of drug-likeness (QED) is 0.103. The predicted molar refractivity (Wildman–Crippen MR) is 123 cm³/mol. The van der Waals surface area contributed by atoms with Crippen LogP contribution in [0.25, 0.3) is 0 Å². The summed E-state index contributed by atoms with van der Waals surface area (Å²) in [6, 6.07) is 5.48. The predicted octanol–water partition coefficient (Wildman–Crippen LogP) is 1.42. The highest BCUT2D eigenvalue weighted by atomic mass is 35.5. The number of halogens is 1. The summed E-state index contributed by atoms with van der Waals surface area (Å²) in [6.45, 7) is -1.41. The molecule has 37 heavy (non-hydrogen) atoms. The molecule has 202 valence electrons. The molecule has 15 nitrogen and oxygen atoms in total. The third-order valence-corrected chi connectivity index (χ3v) is 5.66. The van der Waals surface area contributed by atoms with Crippen LogP contribution in [-0.4, -0.2) is 57.8 Å². The van der Waals surface area contributed by atoms with Crippen LogP contribution in [0.3, 0.4) is 0 Å². The fraction of sp³-hybridized carbons (Fsp3) is 0.350. The molecule has 0 aliphatic rings. The number of primary sulfonamides is 1. The summed E-state index contributed by atoms with van der Waals surface area (Å²) >= 11 is 6.01. The number of furan rings is 1. The number of anilines is 1. The van der Waals surface area contributed by atoms with Crippen LogP contribution < -0.4 is 10.5 Å². The van der Waals surface area contributed by atoms with Crippen molar-refractivity contribution in [2.45, 2.75) is 24.3 Å². The molecule has 0 bridgehead atoms. The third kappa shape index (κ3) is 10.3. The lowest BCUT2D eigenvalue weighted by atomic mass is 10.1. The van der Waals surface area contributed by atoms with E-state index in [1.807, 2.05) is 0 Å². The van der Waals surface area contributed by atoms with E-state index in [4.69, 9.17) is 30.6 Å². The van der Waals surface area contributed by atoms with E-state index in [1.54, 1.807) is 12.1 Å². The Morgan fingerprint density at radius 2 is 1.68 bits per heavy atom. The van der Waals surface area contributed by atoms with Crippen molar-refractivity contribution in [2.75, 3.05) is 31.7 Å². The number of esters is 3. The minimum absolute atomic E-state index is 0.137. The number of nitrogens with one attached hydrogen (secondary N) is 1. The topological polar surface area (TPSA) is 217 Å².